The molecule has 0 aromatic carbocycles. The number of hydrogen-bond donors (Lipinski definition) is 1. The van der Waals surface area contributed by atoms with Gasteiger partial charge in [-0.2, -0.15) is 0 Å². The van der Waals surface area contributed by atoms with Crippen LogP contribution < -0.4 is 5.01 Å². The lowest BCUT2D eigenvalue weighted by atomic mass is 10.1. The van der Waals surface area contributed by atoms with E-state index in [2.05, 4.69) is 30.9 Å². The van der Waals surface area contributed by atoms with Crippen molar-refractivity contribution in [1.82, 2.24) is 9.99 Å². The largest absolute Gasteiger partial charge is 0.389 e. The van der Waals surface area contributed by atoms with Gasteiger partial charge in [0.05, 0.1) is 30.1 Å². The van der Waals surface area contributed by atoms with Crippen LogP contribution >= 0.6 is 15.9 Å². The van der Waals surface area contributed by atoms with Gasteiger partial charge in [0.15, 0.2) is 0 Å². The fraction of sp³-hybridized carbons (Fsp3) is 0.545. The summed E-state index contributed by atoms with van der Waals surface area (Å²) in [6.45, 7) is 4.96. The molecule has 2 heterocycles. The van der Waals surface area contributed by atoms with Crippen molar-refractivity contribution >= 4 is 21.6 Å². The van der Waals surface area contributed by atoms with Gasteiger partial charge in [0.1, 0.15) is 0 Å². The number of hydrazine groups is 1. The molecule has 0 amide bonds. The van der Waals surface area contributed by atoms with Crippen molar-refractivity contribution in [3.05, 3.63) is 22.4 Å². The van der Waals surface area contributed by atoms with E-state index in [-0.39, 0.29) is 0 Å². The predicted octanol–water partition coefficient (Wildman–Crippen LogP) is 1.78. The minimum atomic E-state index is -0.731. The van der Waals surface area contributed by atoms with E-state index in [1.54, 1.807) is 6.20 Å². The maximum absolute atomic E-state index is 9.91. The SMILES string of the molecule is CN1Cc2nccc(Br)c2N1CC(C)(C)O. The van der Waals surface area contributed by atoms with Gasteiger partial charge in [-0.1, -0.05) is 0 Å². The highest BCUT2D eigenvalue weighted by Gasteiger charge is 2.31. The Morgan fingerprint density at radius 1 is 1.56 bits per heavy atom. The van der Waals surface area contributed by atoms with E-state index in [1.165, 1.54) is 0 Å². The average Bonchev–Trinajstić information content (AvgIpc) is 2.42. The van der Waals surface area contributed by atoms with E-state index in [1.807, 2.05) is 27.0 Å². The van der Waals surface area contributed by atoms with Crippen molar-refractivity contribution in [3.63, 3.8) is 0 Å². The predicted molar refractivity (Wildman–Crippen MR) is 67.0 cm³/mol. The van der Waals surface area contributed by atoms with E-state index in [4.69, 9.17) is 0 Å². The molecule has 0 spiro atoms. The minimum absolute atomic E-state index is 0.556. The first-order chi connectivity index (χ1) is 7.38. The summed E-state index contributed by atoms with van der Waals surface area (Å²) in [6, 6.07) is 1.93. The highest BCUT2D eigenvalue weighted by molar-refractivity contribution is 9.10. The second kappa shape index (κ2) is 3.98. The van der Waals surface area contributed by atoms with Crippen molar-refractivity contribution in [3.8, 4) is 0 Å². The third-order valence-electron chi connectivity index (χ3n) is 2.54. The number of nitrogens with zero attached hydrogens (tertiary/aromatic N) is 3. The smallest absolute Gasteiger partial charge is 0.0895 e. The lowest BCUT2D eigenvalue weighted by molar-refractivity contribution is 0.0741. The zero-order valence-corrected chi connectivity index (χ0v) is 11.3. The number of pyridine rings is 1. The third-order valence-corrected chi connectivity index (χ3v) is 3.18. The Hall–Kier alpha value is -0.650. The van der Waals surface area contributed by atoms with Crippen LogP contribution in [0.5, 0.6) is 0 Å². The molecular formula is C11H16BrN3O. The monoisotopic (exact) mass is 285 g/mol. The number of fused-ring (bicyclic) bond motifs is 1. The van der Waals surface area contributed by atoms with Crippen LogP contribution in [0.1, 0.15) is 19.5 Å². The number of aliphatic hydroxyl groups is 1. The van der Waals surface area contributed by atoms with E-state index in [0.717, 1.165) is 22.4 Å². The maximum atomic E-state index is 9.91. The highest BCUT2D eigenvalue weighted by atomic mass is 79.9. The Morgan fingerprint density at radius 3 is 2.88 bits per heavy atom. The first-order valence-electron chi connectivity index (χ1n) is 5.23. The van der Waals surface area contributed by atoms with Crippen LogP contribution in [0.4, 0.5) is 5.69 Å². The van der Waals surface area contributed by atoms with Crippen LogP contribution in [0.2, 0.25) is 0 Å². The van der Waals surface area contributed by atoms with Gasteiger partial charge in [-0.05, 0) is 35.8 Å². The Bertz CT molecular complexity index is 403. The molecule has 5 heteroatoms. The summed E-state index contributed by atoms with van der Waals surface area (Å²) in [4.78, 5) is 4.36. The van der Waals surface area contributed by atoms with Crippen LogP contribution in [-0.4, -0.2) is 34.3 Å². The molecular weight excluding hydrogens is 270 g/mol. The molecule has 1 aliphatic rings. The molecule has 0 saturated heterocycles. The van der Waals surface area contributed by atoms with Gasteiger partial charge in [-0.3, -0.25) is 9.99 Å². The lowest BCUT2D eigenvalue weighted by Crippen LogP contribution is -2.44. The summed E-state index contributed by atoms with van der Waals surface area (Å²) in [6.07, 6.45) is 1.80. The quantitative estimate of drug-likeness (QED) is 0.899. The number of hydrogen-bond acceptors (Lipinski definition) is 4. The molecule has 1 aromatic rings. The zero-order valence-electron chi connectivity index (χ0n) is 9.74. The van der Waals surface area contributed by atoms with Gasteiger partial charge < -0.3 is 5.11 Å². The normalized spacial score (nSPS) is 16.7. The van der Waals surface area contributed by atoms with Gasteiger partial charge in [-0.25, -0.2) is 5.01 Å². The van der Waals surface area contributed by atoms with Crippen LogP contribution in [-0.2, 0) is 6.54 Å². The average molecular weight is 286 g/mol. The number of β-amino-alcohol motifs (C(OH)–C–C–N with tert-alkyl or cyclic N) is 1. The summed E-state index contributed by atoms with van der Waals surface area (Å²) in [5.41, 5.74) is 1.37. The molecule has 0 bridgehead atoms. The van der Waals surface area contributed by atoms with Crippen LogP contribution in [0.25, 0.3) is 0 Å². The van der Waals surface area contributed by atoms with E-state index in [9.17, 15) is 5.11 Å². The molecule has 1 N–H and O–H groups in total. The molecule has 0 atom stereocenters. The molecule has 1 aromatic heterocycles. The molecule has 0 fully saturated rings. The standard InChI is InChI=1S/C11H16BrN3O/c1-11(2,16)7-15-10-8(12)4-5-13-9(10)6-14(15)3/h4-5,16H,6-7H2,1-3H3. The number of halogens is 1. The van der Waals surface area contributed by atoms with E-state index < -0.39 is 5.60 Å². The van der Waals surface area contributed by atoms with Crippen molar-refractivity contribution < 1.29 is 5.11 Å². The Morgan fingerprint density at radius 2 is 2.25 bits per heavy atom. The number of aromatic nitrogens is 1. The summed E-state index contributed by atoms with van der Waals surface area (Å²) >= 11 is 3.53. The van der Waals surface area contributed by atoms with Crippen LogP contribution in [0.15, 0.2) is 16.7 Å². The van der Waals surface area contributed by atoms with Crippen molar-refractivity contribution in [2.45, 2.75) is 26.0 Å². The topological polar surface area (TPSA) is 39.6 Å². The summed E-state index contributed by atoms with van der Waals surface area (Å²) < 4.78 is 1.02. The molecule has 4 nitrogen and oxygen atoms in total. The molecule has 16 heavy (non-hydrogen) atoms. The molecule has 0 aliphatic carbocycles. The number of rotatable bonds is 2. The van der Waals surface area contributed by atoms with Gasteiger partial charge in [0.2, 0.25) is 0 Å². The molecule has 2 rings (SSSR count). The third kappa shape index (κ3) is 2.21. The van der Waals surface area contributed by atoms with Crippen LogP contribution in [0.3, 0.4) is 0 Å². The Balaban J connectivity index is 2.35. The van der Waals surface area contributed by atoms with Gasteiger partial charge in [-0.15, -0.1) is 0 Å². The molecule has 88 valence electrons. The minimum Gasteiger partial charge on any atom is -0.389 e. The maximum Gasteiger partial charge on any atom is 0.0895 e. The Kier molecular flexibility index (Phi) is 2.94. The summed E-state index contributed by atoms with van der Waals surface area (Å²) in [7, 11) is 2.00. The molecule has 0 radical (unpaired) electrons. The molecule has 0 unspecified atom stereocenters. The first-order valence-corrected chi connectivity index (χ1v) is 6.02. The number of anilines is 1. The van der Waals surface area contributed by atoms with E-state index >= 15 is 0 Å². The van der Waals surface area contributed by atoms with Crippen molar-refractivity contribution in [2.24, 2.45) is 0 Å². The van der Waals surface area contributed by atoms with Crippen molar-refractivity contribution in [1.29, 1.82) is 0 Å². The fourth-order valence-electron chi connectivity index (χ4n) is 1.90. The van der Waals surface area contributed by atoms with Crippen LogP contribution in [0, 0.1) is 0 Å². The Labute approximate surface area is 104 Å². The zero-order chi connectivity index (χ0) is 11.9. The molecule has 0 saturated carbocycles. The summed E-state index contributed by atoms with van der Waals surface area (Å²) in [5.74, 6) is 0. The second-order valence-electron chi connectivity index (χ2n) is 4.77. The lowest BCUT2D eigenvalue weighted by Gasteiger charge is -2.32. The second-order valence-corrected chi connectivity index (χ2v) is 5.63. The van der Waals surface area contributed by atoms with E-state index in [0.29, 0.717) is 6.54 Å². The fourth-order valence-corrected chi connectivity index (χ4v) is 2.45. The van der Waals surface area contributed by atoms with Gasteiger partial charge in [0, 0.05) is 17.7 Å². The van der Waals surface area contributed by atoms with Gasteiger partial charge >= 0.3 is 0 Å². The summed E-state index contributed by atoms with van der Waals surface area (Å²) in [5, 5.41) is 14.0. The highest BCUT2D eigenvalue weighted by Crippen LogP contribution is 2.36. The molecule has 1 aliphatic heterocycles. The first kappa shape index (κ1) is 11.8. The van der Waals surface area contributed by atoms with Gasteiger partial charge in [0.25, 0.3) is 0 Å². The van der Waals surface area contributed by atoms with Crippen molar-refractivity contribution in [2.75, 3.05) is 18.6 Å².